The molecule has 1 amide bonds. The monoisotopic (exact) mass is 249 g/mol. The Balaban J connectivity index is 2.29. The topological polar surface area (TPSA) is 75.5 Å². The quantitative estimate of drug-likeness (QED) is 0.649. The second-order valence-electron chi connectivity index (χ2n) is 4.60. The molecule has 0 aliphatic heterocycles. The molecular formula is C12H15N3O3. The molecule has 0 saturated heterocycles. The molecule has 6 heteroatoms. The zero-order chi connectivity index (χ0) is 13.3. The summed E-state index contributed by atoms with van der Waals surface area (Å²) >= 11 is 0. The van der Waals surface area contributed by atoms with Crippen LogP contribution in [0.25, 0.3) is 0 Å². The summed E-state index contributed by atoms with van der Waals surface area (Å²) in [6.07, 6.45) is 1.98. The molecule has 96 valence electrons. The normalized spacial score (nSPS) is 14.1. The Morgan fingerprint density at radius 2 is 2.11 bits per heavy atom. The fraction of sp³-hybridized carbons (Fsp3) is 0.417. The molecule has 0 spiro atoms. The van der Waals surface area contributed by atoms with Crippen LogP contribution >= 0.6 is 0 Å². The molecule has 0 bridgehead atoms. The van der Waals surface area contributed by atoms with E-state index in [0.29, 0.717) is 11.3 Å². The van der Waals surface area contributed by atoms with Crippen LogP contribution in [0.1, 0.15) is 23.2 Å². The molecule has 1 aliphatic rings. The second kappa shape index (κ2) is 4.64. The lowest BCUT2D eigenvalue weighted by atomic mass is 10.1. The van der Waals surface area contributed by atoms with E-state index in [2.05, 4.69) is 5.32 Å². The second-order valence-corrected chi connectivity index (χ2v) is 4.60. The summed E-state index contributed by atoms with van der Waals surface area (Å²) in [6.45, 7) is 0. The van der Waals surface area contributed by atoms with Crippen LogP contribution < -0.4 is 10.2 Å². The summed E-state index contributed by atoms with van der Waals surface area (Å²) in [6, 6.07) is 4.78. The van der Waals surface area contributed by atoms with Crippen molar-refractivity contribution in [1.82, 2.24) is 5.32 Å². The van der Waals surface area contributed by atoms with Gasteiger partial charge in [-0.2, -0.15) is 0 Å². The molecule has 1 aromatic rings. The standard InChI is InChI=1S/C12H15N3O3/c1-14(2)10-6-3-8(7-11(10)15(17)18)12(16)13-9-4-5-9/h3,6-7,9H,4-5H2,1-2H3,(H,13,16). The average molecular weight is 249 g/mol. The first-order chi connectivity index (χ1) is 8.49. The summed E-state index contributed by atoms with van der Waals surface area (Å²) in [5, 5.41) is 13.8. The number of amides is 1. The number of nitrogens with one attached hydrogen (secondary N) is 1. The molecule has 0 heterocycles. The van der Waals surface area contributed by atoms with Crippen LogP contribution in [-0.4, -0.2) is 31.0 Å². The van der Waals surface area contributed by atoms with Crippen molar-refractivity contribution in [2.24, 2.45) is 0 Å². The van der Waals surface area contributed by atoms with Gasteiger partial charge in [-0.25, -0.2) is 0 Å². The Morgan fingerprint density at radius 1 is 1.44 bits per heavy atom. The van der Waals surface area contributed by atoms with Gasteiger partial charge in [-0.3, -0.25) is 14.9 Å². The van der Waals surface area contributed by atoms with Gasteiger partial charge in [0.25, 0.3) is 11.6 Å². The number of hydrogen-bond donors (Lipinski definition) is 1. The minimum absolute atomic E-state index is 0.0524. The molecular weight excluding hydrogens is 234 g/mol. The number of carbonyl (C=O) groups is 1. The molecule has 2 rings (SSSR count). The maximum absolute atomic E-state index is 11.8. The van der Waals surface area contributed by atoms with Gasteiger partial charge in [0.1, 0.15) is 5.69 Å². The van der Waals surface area contributed by atoms with Crippen molar-refractivity contribution in [3.63, 3.8) is 0 Å². The number of hydrogen-bond acceptors (Lipinski definition) is 4. The van der Waals surface area contributed by atoms with Crippen LogP contribution in [0.5, 0.6) is 0 Å². The van der Waals surface area contributed by atoms with E-state index < -0.39 is 4.92 Å². The van der Waals surface area contributed by atoms with Gasteiger partial charge in [0.15, 0.2) is 0 Å². The predicted octanol–water partition coefficient (Wildman–Crippen LogP) is 1.55. The van der Waals surface area contributed by atoms with Crippen LogP contribution in [0, 0.1) is 10.1 Å². The molecule has 1 N–H and O–H groups in total. The Hall–Kier alpha value is -2.11. The minimum Gasteiger partial charge on any atom is -0.372 e. The third-order valence-corrected chi connectivity index (χ3v) is 2.83. The molecule has 1 saturated carbocycles. The highest BCUT2D eigenvalue weighted by molar-refractivity contribution is 5.96. The van der Waals surface area contributed by atoms with Crippen molar-refractivity contribution in [1.29, 1.82) is 0 Å². The summed E-state index contributed by atoms with van der Waals surface area (Å²) in [5.41, 5.74) is 0.769. The first-order valence-electron chi connectivity index (χ1n) is 5.75. The van der Waals surface area contributed by atoms with E-state index in [1.54, 1.807) is 31.1 Å². The van der Waals surface area contributed by atoms with Gasteiger partial charge in [0, 0.05) is 31.8 Å². The minimum atomic E-state index is -0.469. The fourth-order valence-electron chi connectivity index (χ4n) is 1.69. The highest BCUT2D eigenvalue weighted by Gasteiger charge is 2.25. The van der Waals surface area contributed by atoms with Crippen molar-refractivity contribution in [3.05, 3.63) is 33.9 Å². The maximum atomic E-state index is 11.8. The Bertz CT molecular complexity index is 495. The van der Waals surface area contributed by atoms with Crippen LogP contribution in [-0.2, 0) is 0 Å². The highest BCUT2D eigenvalue weighted by Crippen LogP contribution is 2.28. The van der Waals surface area contributed by atoms with Crippen molar-refractivity contribution in [3.8, 4) is 0 Å². The summed E-state index contributed by atoms with van der Waals surface area (Å²) in [7, 11) is 3.46. The smallest absolute Gasteiger partial charge is 0.293 e. The van der Waals surface area contributed by atoms with Crippen molar-refractivity contribution >= 4 is 17.3 Å². The van der Waals surface area contributed by atoms with Crippen LogP contribution in [0.15, 0.2) is 18.2 Å². The first-order valence-corrected chi connectivity index (χ1v) is 5.75. The lowest BCUT2D eigenvalue weighted by Crippen LogP contribution is -2.25. The van der Waals surface area contributed by atoms with Gasteiger partial charge < -0.3 is 10.2 Å². The van der Waals surface area contributed by atoms with E-state index in [-0.39, 0.29) is 17.6 Å². The van der Waals surface area contributed by atoms with Gasteiger partial charge in [-0.05, 0) is 25.0 Å². The molecule has 6 nitrogen and oxygen atoms in total. The van der Waals surface area contributed by atoms with Crippen LogP contribution in [0.4, 0.5) is 11.4 Å². The van der Waals surface area contributed by atoms with E-state index in [1.165, 1.54) is 6.07 Å². The number of carbonyl (C=O) groups excluding carboxylic acids is 1. The zero-order valence-corrected chi connectivity index (χ0v) is 10.3. The zero-order valence-electron chi connectivity index (χ0n) is 10.3. The summed E-state index contributed by atoms with van der Waals surface area (Å²) in [4.78, 5) is 24.0. The lowest BCUT2D eigenvalue weighted by molar-refractivity contribution is -0.384. The molecule has 0 radical (unpaired) electrons. The van der Waals surface area contributed by atoms with E-state index in [4.69, 9.17) is 0 Å². The molecule has 18 heavy (non-hydrogen) atoms. The SMILES string of the molecule is CN(C)c1ccc(C(=O)NC2CC2)cc1[N+](=O)[O-]. The molecule has 0 atom stereocenters. The number of nitro benzene ring substituents is 1. The molecule has 0 aromatic heterocycles. The number of rotatable bonds is 4. The third-order valence-electron chi connectivity index (χ3n) is 2.83. The first kappa shape index (κ1) is 12.3. The largest absolute Gasteiger partial charge is 0.372 e. The third kappa shape index (κ3) is 2.58. The van der Waals surface area contributed by atoms with Gasteiger partial charge in [0.05, 0.1) is 4.92 Å². The molecule has 1 fully saturated rings. The number of nitrogens with zero attached hydrogens (tertiary/aromatic N) is 2. The van der Waals surface area contributed by atoms with Crippen molar-refractivity contribution < 1.29 is 9.72 Å². The van der Waals surface area contributed by atoms with Crippen LogP contribution in [0.2, 0.25) is 0 Å². The predicted molar refractivity (Wildman–Crippen MR) is 67.9 cm³/mol. The lowest BCUT2D eigenvalue weighted by Gasteiger charge is -2.13. The highest BCUT2D eigenvalue weighted by atomic mass is 16.6. The maximum Gasteiger partial charge on any atom is 0.293 e. The molecule has 0 unspecified atom stereocenters. The van der Waals surface area contributed by atoms with Gasteiger partial charge in [-0.15, -0.1) is 0 Å². The van der Waals surface area contributed by atoms with Crippen molar-refractivity contribution in [2.45, 2.75) is 18.9 Å². The van der Waals surface area contributed by atoms with E-state index in [1.807, 2.05) is 0 Å². The van der Waals surface area contributed by atoms with E-state index in [9.17, 15) is 14.9 Å². The Kier molecular flexibility index (Phi) is 3.18. The van der Waals surface area contributed by atoms with E-state index in [0.717, 1.165) is 12.8 Å². The molecule has 1 aromatic carbocycles. The summed E-state index contributed by atoms with van der Waals surface area (Å²) in [5.74, 6) is -0.245. The summed E-state index contributed by atoms with van der Waals surface area (Å²) < 4.78 is 0. The van der Waals surface area contributed by atoms with Crippen molar-refractivity contribution in [2.75, 3.05) is 19.0 Å². The van der Waals surface area contributed by atoms with Crippen LogP contribution in [0.3, 0.4) is 0 Å². The fourth-order valence-corrected chi connectivity index (χ4v) is 1.69. The van der Waals surface area contributed by atoms with Gasteiger partial charge in [-0.1, -0.05) is 0 Å². The Morgan fingerprint density at radius 3 is 2.61 bits per heavy atom. The Labute approximate surface area is 105 Å². The average Bonchev–Trinajstić information content (AvgIpc) is 3.11. The number of nitro groups is 1. The van der Waals surface area contributed by atoms with Gasteiger partial charge >= 0.3 is 0 Å². The number of benzene rings is 1. The molecule has 1 aliphatic carbocycles. The van der Waals surface area contributed by atoms with E-state index >= 15 is 0 Å². The van der Waals surface area contributed by atoms with Gasteiger partial charge in [0.2, 0.25) is 0 Å². The number of anilines is 1.